The van der Waals surface area contributed by atoms with Crippen LogP contribution in [0, 0.1) is 5.41 Å². The van der Waals surface area contributed by atoms with Gasteiger partial charge >= 0.3 is 5.97 Å². The van der Waals surface area contributed by atoms with Gasteiger partial charge in [0.15, 0.2) is 0 Å². The van der Waals surface area contributed by atoms with Crippen LogP contribution in [-0.4, -0.2) is 35.6 Å². The maximum atomic E-state index is 11.1. The average Bonchev–Trinajstić information content (AvgIpc) is 2.78. The summed E-state index contributed by atoms with van der Waals surface area (Å²) < 4.78 is 0. The molecule has 1 saturated heterocycles. The second-order valence-electron chi connectivity index (χ2n) is 5.82. The SMILES string of the molecule is CC(C)(CN1CCC(c2ccccc2)C1)C(=O)O. The molecule has 1 aromatic carbocycles. The predicted octanol–water partition coefficient (Wildman–Crippen LogP) is 2.59. The first-order valence-electron chi connectivity index (χ1n) is 6.50. The minimum absolute atomic E-state index is 0.552. The van der Waals surface area contributed by atoms with Gasteiger partial charge in [-0.25, -0.2) is 0 Å². The van der Waals surface area contributed by atoms with Gasteiger partial charge in [-0.1, -0.05) is 30.3 Å². The van der Waals surface area contributed by atoms with E-state index < -0.39 is 11.4 Å². The summed E-state index contributed by atoms with van der Waals surface area (Å²) in [5.41, 5.74) is 0.708. The van der Waals surface area contributed by atoms with E-state index in [1.807, 2.05) is 6.07 Å². The van der Waals surface area contributed by atoms with Gasteiger partial charge in [-0.15, -0.1) is 0 Å². The third kappa shape index (κ3) is 2.91. The van der Waals surface area contributed by atoms with Crippen LogP contribution in [0.1, 0.15) is 31.7 Å². The van der Waals surface area contributed by atoms with E-state index in [2.05, 4.69) is 29.2 Å². The molecule has 1 fully saturated rings. The summed E-state index contributed by atoms with van der Waals surface area (Å²) >= 11 is 0. The Morgan fingerprint density at radius 1 is 1.39 bits per heavy atom. The van der Waals surface area contributed by atoms with Crippen LogP contribution in [0.4, 0.5) is 0 Å². The van der Waals surface area contributed by atoms with E-state index in [4.69, 9.17) is 5.11 Å². The quantitative estimate of drug-likeness (QED) is 0.889. The van der Waals surface area contributed by atoms with Gasteiger partial charge in [0.2, 0.25) is 0 Å². The molecule has 3 heteroatoms. The van der Waals surface area contributed by atoms with Crippen molar-refractivity contribution in [1.29, 1.82) is 0 Å². The fourth-order valence-electron chi connectivity index (χ4n) is 2.60. The summed E-state index contributed by atoms with van der Waals surface area (Å²) in [5.74, 6) is -0.165. The highest BCUT2D eigenvalue weighted by Gasteiger charge is 2.33. The molecule has 1 aliphatic heterocycles. The number of likely N-dealkylation sites (tertiary alicyclic amines) is 1. The van der Waals surface area contributed by atoms with Crippen LogP contribution in [-0.2, 0) is 4.79 Å². The summed E-state index contributed by atoms with van der Waals surface area (Å²) in [4.78, 5) is 13.4. The van der Waals surface area contributed by atoms with Crippen molar-refractivity contribution in [3.8, 4) is 0 Å². The van der Waals surface area contributed by atoms with Gasteiger partial charge in [0, 0.05) is 13.1 Å². The third-order valence-corrected chi connectivity index (χ3v) is 3.74. The second kappa shape index (κ2) is 5.11. The van der Waals surface area contributed by atoms with Crippen LogP contribution in [0.2, 0.25) is 0 Å². The van der Waals surface area contributed by atoms with Crippen molar-refractivity contribution in [2.75, 3.05) is 19.6 Å². The minimum Gasteiger partial charge on any atom is -0.481 e. The number of carbonyl (C=O) groups is 1. The zero-order valence-corrected chi connectivity index (χ0v) is 11.1. The summed E-state index contributed by atoms with van der Waals surface area (Å²) in [6, 6.07) is 10.5. The van der Waals surface area contributed by atoms with Crippen LogP contribution in [0.5, 0.6) is 0 Å². The molecule has 1 atom stereocenters. The van der Waals surface area contributed by atoms with Gasteiger partial charge in [0.05, 0.1) is 5.41 Å². The van der Waals surface area contributed by atoms with E-state index in [-0.39, 0.29) is 0 Å². The smallest absolute Gasteiger partial charge is 0.310 e. The number of carboxylic acid groups (broad SMARTS) is 1. The predicted molar refractivity (Wildman–Crippen MR) is 71.7 cm³/mol. The van der Waals surface area contributed by atoms with Gasteiger partial charge in [0.25, 0.3) is 0 Å². The third-order valence-electron chi connectivity index (χ3n) is 3.74. The van der Waals surface area contributed by atoms with Crippen molar-refractivity contribution in [3.05, 3.63) is 35.9 Å². The summed E-state index contributed by atoms with van der Waals surface area (Å²) in [6.45, 7) is 6.19. The molecular weight excluding hydrogens is 226 g/mol. The van der Waals surface area contributed by atoms with E-state index in [0.29, 0.717) is 12.5 Å². The van der Waals surface area contributed by atoms with Crippen molar-refractivity contribution in [2.24, 2.45) is 5.41 Å². The first kappa shape index (κ1) is 13.1. The van der Waals surface area contributed by atoms with E-state index >= 15 is 0 Å². The van der Waals surface area contributed by atoms with Crippen molar-refractivity contribution in [3.63, 3.8) is 0 Å². The van der Waals surface area contributed by atoms with Crippen LogP contribution in [0.15, 0.2) is 30.3 Å². The normalized spacial score (nSPS) is 21.1. The molecule has 0 aromatic heterocycles. The Balaban J connectivity index is 1.95. The lowest BCUT2D eigenvalue weighted by Crippen LogP contribution is -2.38. The lowest BCUT2D eigenvalue weighted by molar-refractivity contribution is -0.147. The van der Waals surface area contributed by atoms with E-state index in [1.165, 1.54) is 5.56 Å². The Morgan fingerprint density at radius 3 is 2.67 bits per heavy atom. The second-order valence-corrected chi connectivity index (χ2v) is 5.82. The Hall–Kier alpha value is -1.35. The summed E-state index contributed by atoms with van der Waals surface area (Å²) in [6.07, 6.45) is 1.12. The first-order chi connectivity index (χ1) is 8.49. The molecule has 0 radical (unpaired) electrons. The van der Waals surface area contributed by atoms with E-state index in [9.17, 15) is 4.79 Å². The molecule has 98 valence electrons. The monoisotopic (exact) mass is 247 g/mol. The van der Waals surface area contributed by atoms with Crippen molar-refractivity contribution in [2.45, 2.75) is 26.2 Å². The fraction of sp³-hybridized carbons (Fsp3) is 0.533. The molecule has 1 aromatic rings. The largest absolute Gasteiger partial charge is 0.481 e. The molecule has 0 spiro atoms. The van der Waals surface area contributed by atoms with Crippen LogP contribution in [0.3, 0.4) is 0 Å². The molecule has 2 rings (SSSR count). The lowest BCUT2D eigenvalue weighted by atomic mass is 9.93. The molecule has 0 saturated carbocycles. The first-order valence-corrected chi connectivity index (χ1v) is 6.50. The number of hydrogen-bond donors (Lipinski definition) is 1. The average molecular weight is 247 g/mol. The topological polar surface area (TPSA) is 40.5 Å². The van der Waals surface area contributed by atoms with Crippen molar-refractivity contribution in [1.82, 2.24) is 4.90 Å². The maximum absolute atomic E-state index is 11.1. The molecule has 0 amide bonds. The molecule has 1 heterocycles. The molecule has 3 nitrogen and oxygen atoms in total. The van der Waals surface area contributed by atoms with Gasteiger partial charge < -0.3 is 10.0 Å². The fourth-order valence-corrected chi connectivity index (χ4v) is 2.60. The highest BCUT2D eigenvalue weighted by atomic mass is 16.4. The Bertz CT molecular complexity index is 414. The molecule has 1 unspecified atom stereocenters. The molecule has 1 N–H and O–H groups in total. The number of rotatable bonds is 4. The number of aliphatic carboxylic acids is 1. The minimum atomic E-state index is -0.717. The van der Waals surface area contributed by atoms with Crippen LogP contribution < -0.4 is 0 Å². The number of nitrogens with zero attached hydrogens (tertiary/aromatic N) is 1. The van der Waals surface area contributed by atoms with Crippen LogP contribution >= 0.6 is 0 Å². The Labute approximate surface area is 108 Å². The van der Waals surface area contributed by atoms with Gasteiger partial charge in [0.1, 0.15) is 0 Å². The molecule has 0 bridgehead atoms. The van der Waals surface area contributed by atoms with Crippen LogP contribution in [0.25, 0.3) is 0 Å². The van der Waals surface area contributed by atoms with Gasteiger partial charge in [-0.05, 0) is 38.3 Å². The molecular formula is C15H21NO2. The zero-order chi connectivity index (χ0) is 13.2. The standard InChI is InChI=1S/C15H21NO2/c1-15(2,14(17)18)11-16-9-8-13(10-16)12-6-4-3-5-7-12/h3-7,13H,8-11H2,1-2H3,(H,17,18). The summed E-state index contributed by atoms with van der Waals surface area (Å²) in [7, 11) is 0. The van der Waals surface area contributed by atoms with Gasteiger partial charge in [-0.2, -0.15) is 0 Å². The maximum Gasteiger partial charge on any atom is 0.310 e. The number of hydrogen-bond acceptors (Lipinski definition) is 2. The molecule has 18 heavy (non-hydrogen) atoms. The molecule has 1 aliphatic rings. The lowest BCUT2D eigenvalue weighted by Gasteiger charge is -2.26. The summed E-state index contributed by atoms with van der Waals surface area (Å²) in [5, 5.41) is 9.16. The number of carboxylic acids is 1. The Kier molecular flexibility index (Phi) is 3.71. The molecule has 0 aliphatic carbocycles. The zero-order valence-electron chi connectivity index (χ0n) is 11.1. The Morgan fingerprint density at radius 2 is 2.06 bits per heavy atom. The van der Waals surface area contributed by atoms with E-state index in [0.717, 1.165) is 19.5 Å². The number of benzene rings is 1. The van der Waals surface area contributed by atoms with Gasteiger partial charge in [-0.3, -0.25) is 4.79 Å². The highest BCUT2D eigenvalue weighted by Crippen LogP contribution is 2.29. The van der Waals surface area contributed by atoms with Crippen molar-refractivity contribution < 1.29 is 9.90 Å². The van der Waals surface area contributed by atoms with Crippen molar-refractivity contribution >= 4 is 5.97 Å². The van der Waals surface area contributed by atoms with E-state index in [1.54, 1.807) is 13.8 Å². The highest BCUT2D eigenvalue weighted by molar-refractivity contribution is 5.73.